The van der Waals surface area contributed by atoms with Gasteiger partial charge in [-0.2, -0.15) is 0 Å². The third-order valence-corrected chi connectivity index (χ3v) is 4.82. The molecule has 0 fully saturated rings. The Morgan fingerprint density at radius 1 is 0.828 bits per heavy atom. The number of hydrogen-bond donors (Lipinski definition) is 0. The standard InChI is InChI=1S/C24H26N2O3/c1-25(2)22-12-9-18(10-13-22)16-26(3)23(27)17-29-24(28)15-19-8-11-20-6-4-5-7-21(20)14-19/h4-14H,15-17H2,1-3H3. The van der Waals surface area contributed by atoms with E-state index in [0.29, 0.717) is 6.54 Å². The summed E-state index contributed by atoms with van der Waals surface area (Å²) >= 11 is 0. The van der Waals surface area contributed by atoms with Crippen molar-refractivity contribution in [2.24, 2.45) is 0 Å². The number of rotatable bonds is 7. The number of carbonyl (C=O) groups excluding carboxylic acids is 2. The number of esters is 1. The van der Waals surface area contributed by atoms with Crippen LogP contribution in [-0.4, -0.2) is 44.5 Å². The van der Waals surface area contributed by atoms with Gasteiger partial charge < -0.3 is 14.5 Å². The first kappa shape index (κ1) is 20.4. The molecule has 0 atom stereocenters. The normalized spacial score (nSPS) is 10.6. The lowest BCUT2D eigenvalue weighted by atomic mass is 10.1. The van der Waals surface area contributed by atoms with Gasteiger partial charge >= 0.3 is 5.97 Å². The number of amides is 1. The predicted molar refractivity (Wildman–Crippen MR) is 116 cm³/mol. The summed E-state index contributed by atoms with van der Waals surface area (Å²) in [6.07, 6.45) is 0.147. The number of carbonyl (C=O) groups is 2. The van der Waals surface area contributed by atoms with Crippen molar-refractivity contribution in [3.63, 3.8) is 0 Å². The van der Waals surface area contributed by atoms with Crippen LogP contribution in [0.3, 0.4) is 0 Å². The minimum absolute atomic E-state index is 0.147. The second kappa shape index (κ2) is 9.24. The Bertz CT molecular complexity index is 996. The van der Waals surface area contributed by atoms with Gasteiger partial charge in [-0.3, -0.25) is 9.59 Å². The van der Waals surface area contributed by atoms with Crippen LogP contribution in [0.15, 0.2) is 66.7 Å². The van der Waals surface area contributed by atoms with Crippen LogP contribution in [0.1, 0.15) is 11.1 Å². The van der Waals surface area contributed by atoms with Crippen molar-refractivity contribution in [3.05, 3.63) is 77.9 Å². The van der Waals surface area contributed by atoms with Crippen LogP contribution in [-0.2, 0) is 27.3 Å². The lowest BCUT2D eigenvalue weighted by Gasteiger charge is -2.18. The molecule has 5 nitrogen and oxygen atoms in total. The van der Waals surface area contributed by atoms with E-state index in [1.165, 1.54) is 0 Å². The van der Waals surface area contributed by atoms with Crippen LogP contribution >= 0.6 is 0 Å². The van der Waals surface area contributed by atoms with E-state index in [1.54, 1.807) is 11.9 Å². The molecule has 3 aromatic rings. The highest BCUT2D eigenvalue weighted by atomic mass is 16.5. The van der Waals surface area contributed by atoms with Crippen molar-refractivity contribution in [3.8, 4) is 0 Å². The Balaban J connectivity index is 1.48. The number of anilines is 1. The highest BCUT2D eigenvalue weighted by Crippen LogP contribution is 2.16. The van der Waals surface area contributed by atoms with Gasteiger partial charge in [0, 0.05) is 33.4 Å². The zero-order valence-electron chi connectivity index (χ0n) is 17.1. The van der Waals surface area contributed by atoms with Crippen LogP contribution in [0.5, 0.6) is 0 Å². The third kappa shape index (κ3) is 5.57. The summed E-state index contributed by atoms with van der Waals surface area (Å²) in [5.74, 6) is -0.633. The quantitative estimate of drug-likeness (QED) is 0.578. The van der Waals surface area contributed by atoms with Gasteiger partial charge in [0.05, 0.1) is 6.42 Å². The molecule has 0 aliphatic heterocycles. The summed E-state index contributed by atoms with van der Waals surface area (Å²) in [6, 6.07) is 21.9. The molecular formula is C24H26N2O3. The highest BCUT2D eigenvalue weighted by Gasteiger charge is 2.13. The van der Waals surface area contributed by atoms with E-state index in [1.807, 2.05) is 85.7 Å². The van der Waals surface area contributed by atoms with Crippen molar-refractivity contribution in [2.75, 3.05) is 32.6 Å². The molecule has 3 rings (SSSR count). The average Bonchev–Trinajstić information content (AvgIpc) is 2.72. The molecule has 0 bridgehead atoms. The zero-order chi connectivity index (χ0) is 20.8. The fourth-order valence-corrected chi connectivity index (χ4v) is 3.08. The first-order valence-electron chi connectivity index (χ1n) is 9.56. The summed E-state index contributed by atoms with van der Waals surface area (Å²) in [5.41, 5.74) is 3.00. The summed E-state index contributed by atoms with van der Waals surface area (Å²) in [4.78, 5) is 28.0. The maximum atomic E-state index is 12.3. The molecule has 0 N–H and O–H groups in total. The number of ether oxygens (including phenoxy) is 1. The van der Waals surface area contributed by atoms with Crippen molar-refractivity contribution in [1.29, 1.82) is 0 Å². The van der Waals surface area contributed by atoms with E-state index in [9.17, 15) is 9.59 Å². The first-order valence-corrected chi connectivity index (χ1v) is 9.56. The van der Waals surface area contributed by atoms with E-state index in [2.05, 4.69) is 0 Å². The van der Waals surface area contributed by atoms with Crippen LogP contribution in [0.4, 0.5) is 5.69 Å². The molecule has 150 valence electrons. The topological polar surface area (TPSA) is 49.9 Å². The Morgan fingerprint density at radius 3 is 2.17 bits per heavy atom. The summed E-state index contributed by atoms with van der Waals surface area (Å²) in [5, 5.41) is 2.20. The lowest BCUT2D eigenvalue weighted by molar-refractivity contribution is -0.151. The molecular weight excluding hydrogens is 364 g/mol. The van der Waals surface area contributed by atoms with Gasteiger partial charge in [-0.15, -0.1) is 0 Å². The van der Waals surface area contributed by atoms with Gasteiger partial charge in [0.2, 0.25) is 0 Å². The fraction of sp³-hybridized carbons (Fsp3) is 0.250. The Hall–Kier alpha value is -3.34. The Labute approximate surface area is 171 Å². The molecule has 0 heterocycles. The molecule has 3 aromatic carbocycles. The largest absolute Gasteiger partial charge is 0.455 e. The summed E-state index contributed by atoms with van der Waals surface area (Å²) < 4.78 is 5.19. The van der Waals surface area contributed by atoms with E-state index in [4.69, 9.17) is 4.74 Å². The van der Waals surface area contributed by atoms with Crippen LogP contribution in [0.25, 0.3) is 10.8 Å². The fourth-order valence-electron chi connectivity index (χ4n) is 3.08. The second-order valence-corrected chi connectivity index (χ2v) is 7.33. The lowest BCUT2D eigenvalue weighted by Crippen LogP contribution is -2.31. The van der Waals surface area contributed by atoms with Gasteiger partial charge in [0.15, 0.2) is 6.61 Å². The molecule has 0 saturated carbocycles. The minimum Gasteiger partial charge on any atom is -0.455 e. The van der Waals surface area contributed by atoms with Crippen LogP contribution < -0.4 is 4.90 Å². The first-order chi connectivity index (χ1) is 13.9. The van der Waals surface area contributed by atoms with E-state index in [0.717, 1.165) is 27.6 Å². The number of benzene rings is 3. The molecule has 1 amide bonds. The van der Waals surface area contributed by atoms with E-state index in [-0.39, 0.29) is 18.9 Å². The van der Waals surface area contributed by atoms with Crippen molar-refractivity contribution >= 4 is 28.3 Å². The highest BCUT2D eigenvalue weighted by molar-refractivity contribution is 5.85. The molecule has 29 heavy (non-hydrogen) atoms. The molecule has 0 saturated heterocycles. The molecule has 0 aliphatic rings. The summed E-state index contributed by atoms with van der Waals surface area (Å²) in [7, 11) is 5.67. The molecule has 0 radical (unpaired) electrons. The van der Waals surface area contributed by atoms with Gasteiger partial charge in [-0.1, -0.05) is 54.6 Å². The Morgan fingerprint density at radius 2 is 1.48 bits per heavy atom. The maximum absolute atomic E-state index is 12.3. The third-order valence-electron chi connectivity index (χ3n) is 4.82. The number of likely N-dealkylation sites (N-methyl/N-ethyl adjacent to an activating group) is 1. The molecule has 5 heteroatoms. The second-order valence-electron chi connectivity index (χ2n) is 7.33. The molecule has 0 aromatic heterocycles. The summed E-state index contributed by atoms with van der Waals surface area (Å²) in [6.45, 7) is 0.216. The van der Waals surface area contributed by atoms with Gasteiger partial charge in [-0.05, 0) is 34.0 Å². The van der Waals surface area contributed by atoms with Gasteiger partial charge in [0.25, 0.3) is 5.91 Å². The van der Waals surface area contributed by atoms with E-state index >= 15 is 0 Å². The van der Waals surface area contributed by atoms with Crippen LogP contribution in [0.2, 0.25) is 0 Å². The zero-order valence-corrected chi connectivity index (χ0v) is 17.1. The van der Waals surface area contributed by atoms with Crippen LogP contribution in [0, 0.1) is 0 Å². The number of nitrogens with zero attached hydrogens (tertiary/aromatic N) is 2. The van der Waals surface area contributed by atoms with Crippen molar-refractivity contribution in [1.82, 2.24) is 4.90 Å². The monoisotopic (exact) mass is 390 g/mol. The molecule has 0 aliphatic carbocycles. The van der Waals surface area contributed by atoms with Crippen molar-refractivity contribution in [2.45, 2.75) is 13.0 Å². The average molecular weight is 390 g/mol. The van der Waals surface area contributed by atoms with Gasteiger partial charge in [0.1, 0.15) is 0 Å². The number of hydrogen-bond acceptors (Lipinski definition) is 4. The minimum atomic E-state index is -0.405. The Kier molecular flexibility index (Phi) is 6.50. The number of fused-ring (bicyclic) bond motifs is 1. The molecule has 0 spiro atoms. The van der Waals surface area contributed by atoms with Gasteiger partial charge in [-0.25, -0.2) is 0 Å². The van der Waals surface area contributed by atoms with E-state index < -0.39 is 5.97 Å². The molecule has 0 unspecified atom stereocenters. The SMILES string of the molecule is CN(Cc1ccc(N(C)C)cc1)C(=O)COC(=O)Cc1ccc2ccccc2c1. The maximum Gasteiger partial charge on any atom is 0.310 e. The van der Waals surface area contributed by atoms with Crippen molar-refractivity contribution < 1.29 is 14.3 Å². The predicted octanol–water partition coefficient (Wildman–Crippen LogP) is 3.65. The smallest absolute Gasteiger partial charge is 0.310 e.